The molecule has 202 valence electrons. The van der Waals surface area contributed by atoms with E-state index >= 15 is 0 Å². The summed E-state index contributed by atoms with van der Waals surface area (Å²) in [6.07, 6.45) is 1.79. The molecule has 9 nitrogen and oxygen atoms in total. The van der Waals surface area contributed by atoms with Gasteiger partial charge in [0.15, 0.2) is 16.7 Å². The van der Waals surface area contributed by atoms with Gasteiger partial charge in [0, 0.05) is 23.2 Å². The number of thioether (sulfide) groups is 1. The summed E-state index contributed by atoms with van der Waals surface area (Å²) < 4.78 is 17.7. The molecule has 0 spiro atoms. The summed E-state index contributed by atoms with van der Waals surface area (Å²) in [5.74, 6) is 1.56. The molecule has 1 amide bonds. The van der Waals surface area contributed by atoms with Crippen molar-refractivity contribution in [3.05, 3.63) is 91.3 Å². The van der Waals surface area contributed by atoms with E-state index in [-0.39, 0.29) is 18.2 Å². The van der Waals surface area contributed by atoms with Gasteiger partial charge in [-0.3, -0.25) is 19.8 Å². The molecule has 0 unspecified atom stereocenters. The molecular weight excluding hydrogens is 586 g/mol. The van der Waals surface area contributed by atoms with Crippen LogP contribution in [0, 0.1) is 10.1 Å². The highest BCUT2D eigenvalue weighted by atomic mass is 79.9. The van der Waals surface area contributed by atoms with Crippen molar-refractivity contribution in [3.63, 3.8) is 0 Å². The minimum Gasteiger partial charge on any atom is -0.497 e. The van der Waals surface area contributed by atoms with Gasteiger partial charge in [0.1, 0.15) is 12.4 Å². The number of hydrogen-bond donors (Lipinski definition) is 0. The number of nitro benzene ring substituents is 1. The van der Waals surface area contributed by atoms with E-state index in [1.54, 1.807) is 42.4 Å². The van der Waals surface area contributed by atoms with Gasteiger partial charge in [0.2, 0.25) is 0 Å². The van der Waals surface area contributed by atoms with Crippen molar-refractivity contribution >= 4 is 56.2 Å². The Morgan fingerprint density at radius 3 is 2.49 bits per heavy atom. The number of aliphatic imine (C=N–C) groups is 1. The lowest BCUT2D eigenvalue weighted by Gasteiger charge is -2.14. The zero-order valence-corrected chi connectivity index (χ0v) is 24.0. The maximum atomic E-state index is 13.2. The van der Waals surface area contributed by atoms with Crippen LogP contribution in [0.1, 0.15) is 25.0 Å². The Balaban J connectivity index is 1.59. The van der Waals surface area contributed by atoms with E-state index < -0.39 is 4.92 Å². The SMILES string of the molecule is CCOc1cc(/C=C2/SC(=Nc3ccc(OC)cc3)N(CC)C2=O)c(Br)cc1OCc1cccc([N+](=O)[O-])c1. The standard InChI is InChI=1S/C28H26BrN3O6S/c1-4-31-27(33)26(39-28(31)30-20-9-11-22(36-3)12-10-20)15-19-14-24(37-5-2)25(16-23(19)29)38-17-18-7-6-8-21(13-18)32(34)35/h6-16H,4-5,17H2,1-3H3/b26-15+,30-28?. The molecule has 1 aliphatic heterocycles. The van der Waals surface area contributed by atoms with Crippen LogP contribution >= 0.6 is 27.7 Å². The average Bonchev–Trinajstić information content (AvgIpc) is 3.23. The lowest BCUT2D eigenvalue weighted by Crippen LogP contribution is -2.28. The Labute approximate surface area is 238 Å². The number of carbonyl (C=O) groups excluding carboxylic acids is 1. The van der Waals surface area contributed by atoms with Gasteiger partial charge in [-0.15, -0.1) is 0 Å². The van der Waals surface area contributed by atoms with Crippen molar-refractivity contribution in [2.24, 2.45) is 4.99 Å². The molecule has 39 heavy (non-hydrogen) atoms. The number of halogens is 1. The lowest BCUT2D eigenvalue weighted by atomic mass is 10.1. The van der Waals surface area contributed by atoms with Gasteiger partial charge in [0.05, 0.1) is 29.2 Å². The Morgan fingerprint density at radius 1 is 1.08 bits per heavy atom. The number of methoxy groups -OCH3 is 1. The molecular formula is C28H26BrN3O6S. The quantitative estimate of drug-likeness (QED) is 0.138. The second-order valence-corrected chi connectivity index (χ2v) is 10.1. The van der Waals surface area contributed by atoms with E-state index in [1.807, 2.05) is 38.1 Å². The van der Waals surface area contributed by atoms with Crippen molar-refractivity contribution in [3.8, 4) is 17.2 Å². The molecule has 1 saturated heterocycles. The molecule has 1 aliphatic rings. The summed E-state index contributed by atoms with van der Waals surface area (Å²) in [5.41, 5.74) is 2.11. The molecule has 0 N–H and O–H groups in total. The van der Waals surface area contributed by atoms with Gasteiger partial charge in [0.25, 0.3) is 11.6 Å². The predicted molar refractivity (Wildman–Crippen MR) is 156 cm³/mol. The zero-order valence-electron chi connectivity index (χ0n) is 21.5. The van der Waals surface area contributed by atoms with Crippen LogP contribution in [0.4, 0.5) is 11.4 Å². The predicted octanol–water partition coefficient (Wildman–Crippen LogP) is 6.97. The highest BCUT2D eigenvalue weighted by molar-refractivity contribution is 9.10. The van der Waals surface area contributed by atoms with Gasteiger partial charge < -0.3 is 14.2 Å². The molecule has 11 heteroatoms. The van der Waals surface area contributed by atoms with Crippen LogP contribution in [0.3, 0.4) is 0 Å². The molecule has 1 heterocycles. The number of ether oxygens (including phenoxy) is 3. The second-order valence-electron chi connectivity index (χ2n) is 8.22. The first-order valence-electron chi connectivity index (χ1n) is 12.1. The normalized spacial score (nSPS) is 15.2. The summed E-state index contributed by atoms with van der Waals surface area (Å²) in [6.45, 7) is 4.78. The third-order valence-electron chi connectivity index (χ3n) is 5.67. The molecule has 1 fully saturated rings. The number of hydrogen-bond acceptors (Lipinski definition) is 8. The van der Waals surface area contributed by atoms with Crippen LogP contribution in [0.25, 0.3) is 6.08 Å². The minimum absolute atomic E-state index is 0.000891. The molecule has 3 aromatic carbocycles. The van der Waals surface area contributed by atoms with Gasteiger partial charge in [-0.1, -0.05) is 28.1 Å². The van der Waals surface area contributed by atoms with E-state index in [0.717, 1.165) is 17.0 Å². The van der Waals surface area contributed by atoms with Crippen LogP contribution in [0.15, 0.2) is 75.0 Å². The number of amidine groups is 1. The summed E-state index contributed by atoms with van der Waals surface area (Å²) in [6, 6.07) is 17.2. The fraction of sp³-hybridized carbons (Fsp3) is 0.214. The second kappa shape index (κ2) is 12.8. The van der Waals surface area contributed by atoms with Gasteiger partial charge in [-0.2, -0.15) is 0 Å². The molecule has 0 aromatic heterocycles. The third-order valence-corrected chi connectivity index (χ3v) is 7.36. The number of nitrogens with zero attached hydrogens (tertiary/aromatic N) is 3. The highest BCUT2D eigenvalue weighted by Gasteiger charge is 2.32. The number of amides is 1. The van der Waals surface area contributed by atoms with Crippen molar-refractivity contribution in [2.45, 2.75) is 20.5 Å². The van der Waals surface area contributed by atoms with Crippen molar-refractivity contribution in [1.82, 2.24) is 4.90 Å². The Kier molecular flexibility index (Phi) is 9.26. The molecule has 0 saturated carbocycles. The monoisotopic (exact) mass is 611 g/mol. The first kappa shape index (κ1) is 28.2. The first-order valence-corrected chi connectivity index (χ1v) is 13.7. The zero-order chi connectivity index (χ0) is 27.9. The number of benzene rings is 3. The summed E-state index contributed by atoms with van der Waals surface area (Å²) in [4.78, 5) is 30.7. The van der Waals surface area contributed by atoms with Crippen LogP contribution in [0.5, 0.6) is 17.2 Å². The average molecular weight is 613 g/mol. The van der Waals surface area contributed by atoms with Crippen molar-refractivity contribution < 1.29 is 23.9 Å². The highest BCUT2D eigenvalue weighted by Crippen LogP contribution is 2.39. The maximum absolute atomic E-state index is 13.2. The van der Waals surface area contributed by atoms with Crippen molar-refractivity contribution in [2.75, 3.05) is 20.3 Å². The topological polar surface area (TPSA) is 104 Å². The molecule has 0 bridgehead atoms. The largest absolute Gasteiger partial charge is 0.497 e. The Bertz CT molecular complexity index is 1440. The smallest absolute Gasteiger partial charge is 0.269 e. The number of carbonyl (C=O) groups is 1. The van der Waals surface area contributed by atoms with E-state index in [1.165, 1.54) is 23.9 Å². The Hall–Kier alpha value is -3.83. The molecule has 0 atom stereocenters. The molecule has 4 rings (SSSR count). The molecule has 0 aliphatic carbocycles. The fourth-order valence-corrected chi connectivity index (χ4v) is 5.23. The molecule has 0 radical (unpaired) electrons. The maximum Gasteiger partial charge on any atom is 0.269 e. The van der Waals surface area contributed by atoms with E-state index in [0.29, 0.717) is 44.8 Å². The van der Waals surface area contributed by atoms with E-state index in [4.69, 9.17) is 14.2 Å². The van der Waals surface area contributed by atoms with Gasteiger partial charge >= 0.3 is 0 Å². The number of non-ortho nitro benzene ring substituents is 1. The fourth-order valence-electron chi connectivity index (χ4n) is 3.74. The summed E-state index contributed by atoms with van der Waals surface area (Å²) in [5, 5.41) is 11.7. The van der Waals surface area contributed by atoms with E-state index in [2.05, 4.69) is 20.9 Å². The third kappa shape index (κ3) is 6.79. The van der Waals surface area contributed by atoms with Crippen LogP contribution in [-0.4, -0.2) is 41.2 Å². The summed E-state index contributed by atoms with van der Waals surface area (Å²) in [7, 11) is 1.60. The van der Waals surface area contributed by atoms with E-state index in [9.17, 15) is 14.9 Å². The van der Waals surface area contributed by atoms with Crippen molar-refractivity contribution in [1.29, 1.82) is 0 Å². The van der Waals surface area contributed by atoms with Gasteiger partial charge in [-0.05, 0) is 79.2 Å². The Morgan fingerprint density at radius 2 is 1.82 bits per heavy atom. The van der Waals surface area contributed by atoms with Crippen LogP contribution < -0.4 is 14.2 Å². The lowest BCUT2D eigenvalue weighted by molar-refractivity contribution is -0.384. The number of rotatable bonds is 10. The van der Waals surface area contributed by atoms with Crippen LogP contribution in [0.2, 0.25) is 0 Å². The van der Waals surface area contributed by atoms with Gasteiger partial charge in [-0.25, -0.2) is 4.99 Å². The summed E-state index contributed by atoms with van der Waals surface area (Å²) >= 11 is 4.89. The number of likely N-dealkylation sites (N-methyl/N-ethyl adjacent to an activating group) is 1. The molecule has 3 aromatic rings. The number of nitro groups is 1. The van der Waals surface area contributed by atoms with Crippen LogP contribution in [-0.2, 0) is 11.4 Å². The first-order chi connectivity index (χ1) is 18.8. The minimum atomic E-state index is -0.441.